The average molecular weight is 492 g/mol. The lowest BCUT2D eigenvalue weighted by molar-refractivity contribution is -0.123. The van der Waals surface area contributed by atoms with Gasteiger partial charge in [0.15, 0.2) is 6.61 Å². The molecule has 1 aliphatic heterocycles. The van der Waals surface area contributed by atoms with Crippen molar-refractivity contribution in [3.63, 3.8) is 0 Å². The lowest BCUT2D eigenvalue weighted by Crippen LogP contribution is -2.40. The number of nitrogens with zero attached hydrogens (tertiary/aromatic N) is 1. The molecule has 10 nitrogen and oxygen atoms in total. The van der Waals surface area contributed by atoms with E-state index in [-0.39, 0.29) is 48.6 Å². The van der Waals surface area contributed by atoms with Gasteiger partial charge in [-0.15, -0.1) is 0 Å². The number of anilines is 1. The van der Waals surface area contributed by atoms with E-state index in [1.165, 1.54) is 17.5 Å². The number of morpholine rings is 1. The van der Waals surface area contributed by atoms with Crippen LogP contribution in [0.15, 0.2) is 47.4 Å². The molecule has 2 aromatic carbocycles. The molecule has 1 saturated heterocycles. The van der Waals surface area contributed by atoms with E-state index in [1.54, 1.807) is 36.4 Å². The van der Waals surface area contributed by atoms with Crippen molar-refractivity contribution in [1.29, 1.82) is 0 Å². The molecule has 2 amide bonds. The fourth-order valence-electron chi connectivity index (χ4n) is 3.38. The SMILES string of the molecule is CCNC(=O)COc1ccc(NC(=O)Cc2ccc(OC)c(S(=O)(=O)N3CCOCC3)c2)cc1. The van der Waals surface area contributed by atoms with E-state index in [4.69, 9.17) is 14.2 Å². The number of carbonyl (C=O) groups excluding carboxylic acids is 2. The number of benzene rings is 2. The topological polar surface area (TPSA) is 123 Å². The summed E-state index contributed by atoms with van der Waals surface area (Å²) in [5.41, 5.74) is 1.08. The van der Waals surface area contributed by atoms with Crippen molar-refractivity contribution in [3.8, 4) is 11.5 Å². The predicted octanol–water partition coefficient (Wildman–Crippen LogP) is 1.41. The van der Waals surface area contributed by atoms with Crippen LogP contribution < -0.4 is 20.1 Å². The highest BCUT2D eigenvalue weighted by Gasteiger charge is 2.29. The number of sulfonamides is 1. The monoisotopic (exact) mass is 491 g/mol. The molecule has 0 spiro atoms. The van der Waals surface area contributed by atoms with Crippen molar-refractivity contribution in [2.45, 2.75) is 18.2 Å². The summed E-state index contributed by atoms with van der Waals surface area (Å²) >= 11 is 0. The van der Waals surface area contributed by atoms with Gasteiger partial charge in [-0.1, -0.05) is 6.07 Å². The molecule has 0 aromatic heterocycles. The number of amides is 2. The molecular weight excluding hydrogens is 462 g/mol. The van der Waals surface area contributed by atoms with Crippen LogP contribution in [-0.4, -0.2) is 71.1 Å². The van der Waals surface area contributed by atoms with E-state index < -0.39 is 10.0 Å². The Balaban J connectivity index is 1.64. The Kier molecular flexibility index (Phi) is 8.85. The van der Waals surface area contributed by atoms with Crippen LogP contribution in [0, 0.1) is 0 Å². The van der Waals surface area contributed by atoms with Crippen molar-refractivity contribution in [3.05, 3.63) is 48.0 Å². The highest BCUT2D eigenvalue weighted by Crippen LogP contribution is 2.28. The van der Waals surface area contributed by atoms with Gasteiger partial charge in [0, 0.05) is 25.3 Å². The van der Waals surface area contributed by atoms with Gasteiger partial charge in [0.1, 0.15) is 16.4 Å². The number of methoxy groups -OCH3 is 1. The minimum absolute atomic E-state index is 0.0228. The number of rotatable bonds is 10. The molecule has 11 heteroatoms. The smallest absolute Gasteiger partial charge is 0.257 e. The van der Waals surface area contributed by atoms with Gasteiger partial charge in [-0.2, -0.15) is 4.31 Å². The first-order valence-electron chi connectivity index (χ1n) is 10.9. The Bertz CT molecular complexity index is 1100. The van der Waals surface area contributed by atoms with Gasteiger partial charge < -0.3 is 24.8 Å². The fourth-order valence-corrected chi connectivity index (χ4v) is 4.99. The van der Waals surface area contributed by atoms with Gasteiger partial charge in [-0.05, 0) is 48.9 Å². The van der Waals surface area contributed by atoms with E-state index in [1.807, 2.05) is 6.92 Å². The summed E-state index contributed by atoms with van der Waals surface area (Å²) in [6.45, 7) is 3.46. The van der Waals surface area contributed by atoms with Crippen LogP contribution in [0.25, 0.3) is 0 Å². The number of ether oxygens (including phenoxy) is 3. The maximum atomic E-state index is 13.1. The van der Waals surface area contributed by atoms with Gasteiger partial charge in [-0.3, -0.25) is 9.59 Å². The fraction of sp³-hybridized carbons (Fsp3) is 0.391. The number of likely N-dealkylation sites (N-methyl/N-ethyl adjacent to an activating group) is 1. The van der Waals surface area contributed by atoms with Crippen LogP contribution in [0.3, 0.4) is 0 Å². The Morgan fingerprint density at radius 2 is 1.76 bits per heavy atom. The predicted molar refractivity (Wildman–Crippen MR) is 126 cm³/mol. The average Bonchev–Trinajstić information content (AvgIpc) is 2.84. The minimum atomic E-state index is -3.79. The van der Waals surface area contributed by atoms with Gasteiger partial charge in [0.25, 0.3) is 5.91 Å². The Morgan fingerprint density at radius 3 is 2.41 bits per heavy atom. The number of nitrogens with one attached hydrogen (secondary N) is 2. The zero-order valence-electron chi connectivity index (χ0n) is 19.2. The molecule has 0 aliphatic carbocycles. The van der Waals surface area contributed by atoms with Crippen LogP contribution in [-0.2, 0) is 30.8 Å². The van der Waals surface area contributed by atoms with Crippen LogP contribution >= 0.6 is 0 Å². The molecule has 1 fully saturated rings. The van der Waals surface area contributed by atoms with Gasteiger partial charge in [-0.25, -0.2) is 8.42 Å². The minimum Gasteiger partial charge on any atom is -0.495 e. The van der Waals surface area contributed by atoms with E-state index in [9.17, 15) is 18.0 Å². The summed E-state index contributed by atoms with van der Waals surface area (Å²) in [4.78, 5) is 24.1. The van der Waals surface area contributed by atoms with Gasteiger partial charge in [0.2, 0.25) is 15.9 Å². The molecule has 2 aromatic rings. The van der Waals surface area contributed by atoms with Crippen LogP contribution in [0.1, 0.15) is 12.5 Å². The van der Waals surface area contributed by atoms with Crippen LogP contribution in [0.4, 0.5) is 5.69 Å². The molecule has 184 valence electrons. The van der Waals surface area contributed by atoms with Crippen molar-refractivity contribution >= 4 is 27.5 Å². The van der Waals surface area contributed by atoms with Crippen molar-refractivity contribution < 1.29 is 32.2 Å². The normalized spacial score (nSPS) is 14.3. The molecule has 3 rings (SSSR count). The highest BCUT2D eigenvalue weighted by atomic mass is 32.2. The molecular formula is C23H29N3O7S. The maximum Gasteiger partial charge on any atom is 0.257 e. The van der Waals surface area contributed by atoms with Crippen LogP contribution in [0.2, 0.25) is 0 Å². The first-order chi connectivity index (χ1) is 16.3. The molecule has 2 N–H and O–H groups in total. The second-order valence-electron chi connectivity index (χ2n) is 7.49. The molecule has 0 atom stereocenters. The summed E-state index contributed by atoms with van der Waals surface area (Å²) in [5.74, 6) is 0.196. The zero-order chi connectivity index (χ0) is 24.6. The van der Waals surface area contributed by atoms with Crippen molar-refractivity contribution in [2.75, 3.05) is 51.9 Å². The molecule has 0 unspecified atom stereocenters. The second kappa shape index (κ2) is 11.8. The molecule has 1 aliphatic rings. The summed E-state index contributed by atoms with van der Waals surface area (Å²) in [6.07, 6.45) is -0.0228. The third-order valence-corrected chi connectivity index (χ3v) is 6.98. The molecule has 0 bridgehead atoms. The third-order valence-electron chi connectivity index (χ3n) is 5.06. The Hall–Kier alpha value is -3.15. The number of hydrogen-bond donors (Lipinski definition) is 2. The first kappa shape index (κ1) is 25.5. The lowest BCUT2D eigenvalue weighted by Gasteiger charge is -2.26. The molecule has 1 heterocycles. The quantitative estimate of drug-likeness (QED) is 0.515. The van der Waals surface area contributed by atoms with Crippen LogP contribution in [0.5, 0.6) is 11.5 Å². The van der Waals surface area contributed by atoms with Crippen molar-refractivity contribution in [1.82, 2.24) is 9.62 Å². The first-order valence-corrected chi connectivity index (χ1v) is 12.3. The van der Waals surface area contributed by atoms with E-state index >= 15 is 0 Å². The molecule has 0 radical (unpaired) electrons. The van der Waals surface area contributed by atoms with E-state index in [2.05, 4.69) is 10.6 Å². The van der Waals surface area contributed by atoms with E-state index in [0.29, 0.717) is 36.8 Å². The molecule has 0 saturated carbocycles. The van der Waals surface area contributed by atoms with Crippen molar-refractivity contribution in [2.24, 2.45) is 0 Å². The summed E-state index contributed by atoms with van der Waals surface area (Å²) in [7, 11) is -2.38. The molecule has 34 heavy (non-hydrogen) atoms. The number of hydrogen-bond acceptors (Lipinski definition) is 7. The Labute approximate surface area is 199 Å². The second-order valence-corrected chi connectivity index (χ2v) is 9.40. The summed E-state index contributed by atoms with van der Waals surface area (Å²) in [5, 5.41) is 5.41. The van der Waals surface area contributed by atoms with E-state index in [0.717, 1.165) is 0 Å². The zero-order valence-corrected chi connectivity index (χ0v) is 20.0. The summed E-state index contributed by atoms with van der Waals surface area (Å²) in [6, 6.07) is 11.3. The standard InChI is InChI=1S/C23H29N3O7S/c1-3-24-23(28)16-33-19-7-5-18(6-8-19)25-22(27)15-17-4-9-20(31-2)21(14-17)34(29,30)26-10-12-32-13-11-26/h4-9,14H,3,10-13,15-16H2,1-2H3,(H,24,28)(H,25,27). The lowest BCUT2D eigenvalue weighted by atomic mass is 10.1. The summed E-state index contributed by atoms with van der Waals surface area (Å²) < 4.78 is 43.5. The number of carbonyl (C=O) groups is 2. The third kappa shape index (κ3) is 6.69. The maximum absolute atomic E-state index is 13.1. The highest BCUT2D eigenvalue weighted by molar-refractivity contribution is 7.89. The van der Waals surface area contributed by atoms with Gasteiger partial charge >= 0.3 is 0 Å². The largest absolute Gasteiger partial charge is 0.495 e. The van der Waals surface area contributed by atoms with Gasteiger partial charge in [0.05, 0.1) is 26.7 Å². The Morgan fingerprint density at radius 1 is 1.06 bits per heavy atom.